The second-order valence-corrected chi connectivity index (χ2v) is 8.86. The molecule has 2 amide bonds. The Hall–Kier alpha value is -3.57. The van der Waals surface area contributed by atoms with Gasteiger partial charge >= 0.3 is 6.09 Å². The number of methoxy groups -OCH3 is 1. The first kappa shape index (κ1) is 22.2. The van der Waals surface area contributed by atoms with E-state index in [1.165, 1.54) is 11.8 Å². The highest BCUT2D eigenvalue weighted by atomic mass is 32.2. The summed E-state index contributed by atoms with van der Waals surface area (Å²) in [6.45, 7) is 2.30. The van der Waals surface area contributed by atoms with E-state index >= 15 is 0 Å². The van der Waals surface area contributed by atoms with Gasteiger partial charge in [-0.15, -0.1) is 11.8 Å². The Morgan fingerprint density at radius 1 is 1.24 bits per heavy atom. The van der Waals surface area contributed by atoms with Crippen molar-refractivity contribution in [3.8, 4) is 5.88 Å². The molecule has 0 spiro atoms. The van der Waals surface area contributed by atoms with E-state index in [9.17, 15) is 9.59 Å². The molecule has 1 saturated heterocycles. The second-order valence-electron chi connectivity index (χ2n) is 7.84. The van der Waals surface area contributed by atoms with Crippen LogP contribution >= 0.6 is 11.8 Å². The molecule has 3 aromatic rings. The van der Waals surface area contributed by atoms with Crippen LogP contribution in [0.25, 0.3) is 11.0 Å². The van der Waals surface area contributed by atoms with Crippen molar-refractivity contribution < 1.29 is 19.1 Å². The highest BCUT2D eigenvalue weighted by Crippen LogP contribution is 2.35. The molecule has 2 aliphatic heterocycles. The van der Waals surface area contributed by atoms with Gasteiger partial charge < -0.3 is 25.4 Å². The van der Waals surface area contributed by atoms with Gasteiger partial charge in [0.15, 0.2) is 0 Å². The van der Waals surface area contributed by atoms with Crippen LogP contribution in [0.4, 0.5) is 21.9 Å². The number of carbonyl (C=O) groups is 2. The van der Waals surface area contributed by atoms with Crippen LogP contribution in [0.1, 0.15) is 0 Å². The number of nitrogens with one attached hydrogen (secondary N) is 3. The smallest absolute Gasteiger partial charge is 0.414 e. The summed E-state index contributed by atoms with van der Waals surface area (Å²) in [5, 5.41) is 9.55. The molecule has 0 aliphatic carbocycles. The SMILES string of the molecule is COc1ccc2nccc(NCCNCC3CN(c4ccc5c(c4)NC(=O)CS5)C(=O)O3)c2n1. The van der Waals surface area contributed by atoms with Gasteiger partial charge in [-0.25, -0.2) is 9.78 Å². The Labute approximate surface area is 200 Å². The zero-order valence-electron chi connectivity index (χ0n) is 18.5. The standard InChI is InChI=1S/C23H24N6O4S/c1-32-21-5-3-16-22(28-21)17(6-7-25-16)26-9-8-24-11-15-12-29(23(31)33-15)14-2-4-19-18(10-14)27-20(30)13-34-19/h2-7,10,15,24H,8-9,11-13H2,1H3,(H,25,26)(H,27,30). The Bertz CT molecular complexity index is 1240. The Morgan fingerprint density at radius 2 is 2.15 bits per heavy atom. The molecule has 1 unspecified atom stereocenters. The number of fused-ring (bicyclic) bond motifs is 2. The van der Waals surface area contributed by atoms with Gasteiger partial charge in [0.05, 0.1) is 36.3 Å². The van der Waals surface area contributed by atoms with E-state index in [1.54, 1.807) is 24.3 Å². The van der Waals surface area contributed by atoms with Crippen LogP contribution < -0.4 is 25.6 Å². The number of cyclic esters (lactones) is 1. The molecule has 3 N–H and O–H groups in total. The topological polar surface area (TPSA) is 118 Å². The van der Waals surface area contributed by atoms with Crippen molar-refractivity contribution in [2.24, 2.45) is 0 Å². The van der Waals surface area contributed by atoms with Crippen molar-refractivity contribution in [3.63, 3.8) is 0 Å². The lowest BCUT2D eigenvalue weighted by atomic mass is 10.2. The number of amides is 2. The summed E-state index contributed by atoms with van der Waals surface area (Å²) >= 11 is 1.49. The number of thioether (sulfide) groups is 1. The Morgan fingerprint density at radius 3 is 3.03 bits per heavy atom. The van der Waals surface area contributed by atoms with Gasteiger partial charge in [0.25, 0.3) is 0 Å². The maximum absolute atomic E-state index is 12.4. The molecule has 5 rings (SSSR count). The number of aromatic nitrogens is 2. The number of rotatable bonds is 8. The van der Waals surface area contributed by atoms with Crippen LogP contribution in [-0.2, 0) is 9.53 Å². The Balaban J connectivity index is 1.12. The summed E-state index contributed by atoms with van der Waals surface area (Å²) in [5.41, 5.74) is 3.86. The molecule has 4 heterocycles. The molecule has 2 aromatic heterocycles. The third kappa shape index (κ3) is 4.70. The molecule has 176 valence electrons. The van der Waals surface area contributed by atoms with Gasteiger partial charge in [-0.1, -0.05) is 0 Å². The first-order valence-corrected chi connectivity index (χ1v) is 11.9. The van der Waals surface area contributed by atoms with E-state index in [2.05, 4.69) is 25.9 Å². The minimum absolute atomic E-state index is 0.0379. The number of carbonyl (C=O) groups excluding carboxylic acids is 2. The molecule has 0 bridgehead atoms. The summed E-state index contributed by atoms with van der Waals surface area (Å²) in [5.74, 6) is 0.904. The lowest BCUT2D eigenvalue weighted by Crippen LogP contribution is -2.33. The Kier molecular flexibility index (Phi) is 6.37. The lowest BCUT2D eigenvalue weighted by molar-refractivity contribution is -0.113. The molecule has 0 radical (unpaired) electrons. The number of pyridine rings is 2. The van der Waals surface area contributed by atoms with Crippen LogP contribution in [0, 0.1) is 0 Å². The van der Waals surface area contributed by atoms with Crippen molar-refractivity contribution in [1.29, 1.82) is 0 Å². The van der Waals surface area contributed by atoms with Crippen molar-refractivity contribution in [2.75, 3.05) is 54.6 Å². The summed E-state index contributed by atoms with van der Waals surface area (Å²) in [7, 11) is 1.58. The highest BCUT2D eigenvalue weighted by molar-refractivity contribution is 8.00. The van der Waals surface area contributed by atoms with E-state index in [0.29, 0.717) is 43.5 Å². The molecule has 11 heteroatoms. The van der Waals surface area contributed by atoms with Crippen molar-refractivity contribution in [1.82, 2.24) is 15.3 Å². The quantitative estimate of drug-likeness (QED) is 0.418. The molecule has 1 aromatic carbocycles. The van der Waals surface area contributed by atoms with Gasteiger partial charge in [-0.05, 0) is 30.3 Å². The second kappa shape index (κ2) is 9.74. The van der Waals surface area contributed by atoms with Crippen LogP contribution in [0.2, 0.25) is 0 Å². The largest absolute Gasteiger partial charge is 0.481 e. The monoisotopic (exact) mass is 480 g/mol. The first-order chi connectivity index (χ1) is 16.6. The van der Waals surface area contributed by atoms with Gasteiger partial charge in [0.1, 0.15) is 11.6 Å². The predicted octanol–water partition coefficient (Wildman–Crippen LogP) is 2.71. The number of anilines is 3. The van der Waals surface area contributed by atoms with Crippen LogP contribution in [0.3, 0.4) is 0 Å². The summed E-state index contributed by atoms with van der Waals surface area (Å²) in [4.78, 5) is 35.5. The van der Waals surface area contributed by atoms with E-state index in [0.717, 1.165) is 27.3 Å². The number of hydrogen-bond donors (Lipinski definition) is 3. The molecule has 34 heavy (non-hydrogen) atoms. The zero-order valence-corrected chi connectivity index (χ0v) is 19.4. The maximum atomic E-state index is 12.4. The van der Waals surface area contributed by atoms with Gasteiger partial charge in [-0.2, -0.15) is 0 Å². The average molecular weight is 481 g/mol. The fourth-order valence-electron chi connectivity index (χ4n) is 3.89. The van der Waals surface area contributed by atoms with Gasteiger partial charge in [0, 0.05) is 42.5 Å². The van der Waals surface area contributed by atoms with Crippen LogP contribution in [0.5, 0.6) is 5.88 Å². The molecule has 0 saturated carbocycles. The van der Waals surface area contributed by atoms with E-state index in [1.807, 2.05) is 30.3 Å². The summed E-state index contributed by atoms with van der Waals surface area (Å²) < 4.78 is 10.7. The third-order valence-electron chi connectivity index (χ3n) is 5.54. The summed E-state index contributed by atoms with van der Waals surface area (Å²) in [6.07, 6.45) is 1.09. The third-order valence-corrected chi connectivity index (χ3v) is 6.61. The minimum atomic E-state index is -0.386. The maximum Gasteiger partial charge on any atom is 0.414 e. The number of nitrogens with zero attached hydrogens (tertiary/aromatic N) is 3. The van der Waals surface area contributed by atoms with Gasteiger partial charge in [0.2, 0.25) is 11.8 Å². The van der Waals surface area contributed by atoms with Crippen molar-refractivity contribution in [2.45, 2.75) is 11.0 Å². The fourth-order valence-corrected chi connectivity index (χ4v) is 4.68. The van der Waals surface area contributed by atoms with Gasteiger partial charge in [-0.3, -0.25) is 14.7 Å². The first-order valence-electron chi connectivity index (χ1n) is 10.9. The number of ether oxygens (including phenoxy) is 2. The molecule has 1 fully saturated rings. The molecule has 10 nitrogen and oxygen atoms in total. The van der Waals surface area contributed by atoms with Crippen molar-refractivity contribution in [3.05, 3.63) is 42.6 Å². The molecular formula is C23H24N6O4S. The van der Waals surface area contributed by atoms with E-state index in [4.69, 9.17) is 9.47 Å². The lowest BCUT2D eigenvalue weighted by Gasteiger charge is -2.20. The summed E-state index contributed by atoms with van der Waals surface area (Å²) in [6, 6.07) is 11.2. The average Bonchev–Trinajstić information content (AvgIpc) is 3.23. The van der Waals surface area contributed by atoms with Crippen molar-refractivity contribution >= 4 is 51.9 Å². The molecule has 1 atom stereocenters. The fraction of sp³-hybridized carbons (Fsp3) is 0.304. The molecule has 2 aliphatic rings. The predicted molar refractivity (Wildman–Crippen MR) is 131 cm³/mol. The minimum Gasteiger partial charge on any atom is -0.481 e. The molecular weight excluding hydrogens is 456 g/mol. The van der Waals surface area contributed by atoms with Crippen LogP contribution in [0.15, 0.2) is 47.5 Å². The zero-order chi connectivity index (χ0) is 23.5. The normalized spacial score (nSPS) is 17.3. The number of hydrogen-bond acceptors (Lipinski definition) is 9. The number of benzene rings is 1. The van der Waals surface area contributed by atoms with E-state index in [-0.39, 0.29) is 18.1 Å². The highest BCUT2D eigenvalue weighted by Gasteiger charge is 2.32. The van der Waals surface area contributed by atoms with Crippen LogP contribution in [-0.4, -0.2) is 67.1 Å². The van der Waals surface area contributed by atoms with E-state index < -0.39 is 0 Å².